The van der Waals surface area contributed by atoms with Crippen LogP contribution < -0.4 is 5.73 Å². The molecule has 0 aliphatic carbocycles. The predicted molar refractivity (Wildman–Crippen MR) is 65.1 cm³/mol. The Labute approximate surface area is 97.2 Å². The molecule has 3 heteroatoms. The highest BCUT2D eigenvalue weighted by atomic mass is 16.5. The van der Waals surface area contributed by atoms with Gasteiger partial charge >= 0.3 is 0 Å². The zero-order valence-electron chi connectivity index (χ0n) is 9.80. The molecule has 88 valence electrons. The average molecular weight is 220 g/mol. The molecule has 1 fully saturated rings. The zero-order chi connectivity index (χ0) is 11.4. The van der Waals surface area contributed by atoms with Gasteiger partial charge in [-0.05, 0) is 12.5 Å². The first-order valence-corrected chi connectivity index (χ1v) is 5.87. The fourth-order valence-corrected chi connectivity index (χ4v) is 1.89. The van der Waals surface area contributed by atoms with Crippen LogP contribution in [0.4, 0.5) is 0 Å². The molecular formula is C13H20N2O. The number of nitrogens with zero attached hydrogens (tertiary/aromatic N) is 1. The van der Waals surface area contributed by atoms with Gasteiger partial charge in [0.1, 0.15) is 0 Å². The van der Waals surface area contributed by atoms with Crippen LogP contribution >= 0.6 is 0 Å². The summed E-state index contributed by atoms with van der Waals surface area (Å²) in [6.45, 7) is 5.73. The van der Waals surface area contributed by atoms with Crippen molar-refractivity contribution in [3.8, 4) is 0 Å². The zero-order valence-corrected chi connectivity index (χ0v) is 9.80. The normalized spacial score (nSPS) is 19.4. The molecule has 1 aromatic rings. The second-order valence-corrected chi connectivity index (χ2v) is 4.61. The molecule has 0 amide bonds. The molecule has 1 heterocycles. The van der Waals surface area contributed by atoms with Gasteiger partial charge in [0, 0.05) is 25.7 Å². The Kier molecular flexibility index (Phi) is 3.93. The largest absolute Gasteiger partial charge is 0.374 e. The summed E-state index contributed by atoms with van der Waals surface area (Å²) in [6, 6.07) is 10.7. The van der Waals surface area contributed by atoms with Gasteiger partial charge in [-0.25, -0.2) is 0 Å². The van der Waals surface area contributed by atoms with Crippen molar-refractivity contribution in [2.75, 3.05) is 19.7 Å². The van der Waals surface area contributed by atoms with Crippen LogP contribution in [0.3, 0.4) is 0 Å². The average Bonchev–Trinajstić information content (AvgIpc) is 2.22. The lowest BCUT2D eigenvalue weighted by Crippen LogP contribution is -2.52. The third kappa shape index (κ3) is 3.30. The SMILES string of the molecule is CC(N)COC1CN(Cc2ccccc2)C1. The summed E-state index contributed by atoms with van der Waals surface area (Å²) in [7, 11) is 0. The second-order valence-electron chi connectivity index (χ2n) is 4.61. The molecule has 3 nitrogen and oxygen atoms in total. The lowest BCUT2D eigenvalue weighted by Gasteiger charge is -2.39. The van der Waals surface area contributed by atoms with E-state index in [9.17, 15) is 0 Å². The molecule has 0 radical (unpaired) electrons. The molecule has 1 aliphatic rings. The molecule has 1 aromatic carbocycles. The third-order valence-electron chi connectivity index (χ3n) is 2.77. The van der Waals surface area contributed by atoms with Crippen LogP contribution in [0.5, 0.6) is 0 Å². The Hall–Kier alpha value is -0.900. The maximum atomic E-state index is 5.64. The van der Waals surface area contributed by atoms with Crippen LogP contribution in [-0.4, -0.2) is 36.7 Å². The Morgan fingerprint density at radius 3 is 2.69 bits per heavy atom. The summed E-state index contributed by atoms with van der Waals surface area (Å²) < 4.78 is 5.64. The van der Waals surface area contributed by atoms with Crippen LogP contribution in [0.15, 0.2) is 30.3 Å². The van der Waals surface area contributed by atoms with E-state index in [1.807, 2.05) is 13.0 Å². The number of benzene rings is 1. The van der Waals surface area contributed by atoms with Gasteiger partial charge in [0.15, 0.2) is 0 Å². The van der Waals surface area contributed by atoms with Crippen molar-refractivity contribution >= 4 is 0 Å². The van der Waals surface area contributed by atoms with Crippen molar-refractivity contribution in [1.29, 1.82) is 0 Å². The topological polar surface area (TPSA) is 38.5 Å². The minimum absolute atomic E-state index is 0.142. The molecule has 0 aromatic heterocycles. The van der Waals surface area contributed by atoms with Gasteiger partial charge in [-0.15, -0.1) is 0 Å². The van der Waals surface area contributed by atoms with Crippen LogP contribution in [0.25, 0.3) is 0 Å². The minimum Gasteiger partial charge on any atom is -0.374 e. The van der Waals surface area contributed by atoms with E-state index < -0.39 is 0 Å². The van der Waals surface area contributed by atoms with Crippen LogP contribution in [-0.2, 0) is 11.3 Å². The Balaban J connectivity index is 1.65. The molecule has 1 aliphatic heterocycles. The van der Waals surface area contributed by atoms with E-state index in [2.05, 4.69) is 29.2 Å². The summed E-state index contributed by atoms with van der Waals surface area (Å²) in [5.74, 6) is 0. The van der Waals surface area contributed by atoms with Crippen molar-refractivity contribution in [1.82, 2.24) is 4.90 Å². The Morgan fingerprint density at radius 1 is 1.38 bits per heavy atom. The van der Waals surface area contributed by atoms with E-state index in [0.29, 0.717) is 12.7 Å². The molecule has 0 bridgehead atoms. The summed E-state index contributed by atoms with van der Waals surface area (Å²) in [4.78, 5) is 2.39. The van der Waals surface area contributed by atoms with Crippen molar-refractivity contribution in [2.45, 2.75) is 25.6 Å². The van der Waals surface area contributed by atoms with E-state index in [1.54, 1.807) is 0 Å². The van der Waals surface area contributed by atoms with E-state index in [1.165, 1.54) is 5.56 Å². The van der Waals surface area contributed by atoms with Gasteiger partial charge in [0.05, 0.1) is 12.7 Å². The van der Waals surface area contributed by atoms with Crippen molar-refractivity contribution in [2.24, 2.45) is 5.73 Å². The van der Waals surface area contributed by atoms with Gasteiger partial charge in [-0.2, -0.15) is 0 Å². The van der Waals surface area contributed by atoms with Crippen molar-refractivity contribution < 1.29 is 4.74 Å². The summed E-state index contributed by atoms with van der Waals surface area (Å²) >= 11 is 0. The number of rotatable bonds is 5. The summed E-state index contributed by atoms with van der Waals surface area (Å²) in [5.41, 5.74) is 7.01. The smallest absolute Gasteiger partial charge is 0.0829 e. The maximum Gasteiger partial charge on any atom is 0.0829 e. The molecule has 1 atom stereocenters. The number of hydrogen-bond donors (Lipinski definition) is 1. The quantitative estimate of drug-likeness (QED) is 0.811. The van der Waals surface area contributed by atoms with Crippen molar-refractivity contribution in [3.63, 3.8) is 0 Å². The summed E-state index contributed by atoms with van der Waals surface area (Å²) in [6.07, 6.45) is 0.384. The molecule has 2 N–H and O–H groups in total. The highest BCUT2D eigenvalue weighted by Gasteiger charge is 2.27. The van der Waals surface area contributed by atoms with Crippen LogP contribution in [0.1, 0.15) is 12.5 Å². The summed E-state index contributed by atoms with van der Waals surface area (Å²) in [5, 5.41) is 0. The first-order valence-electron chi connectivity index (χ1n) is 5.87. The van der Waals surface area contributed by atoms with Gasteiger partial charge in [0.2, 0.25) is 0 Å². The second kappa shape index (κ2) is 5.43. The molecule has 0 spiro atoms. The standard InChI is InChI=1S/C13H20N2O/c1-11(14)10-16-13-8-15(9-13)7-12-5-3-2-4-6-12/h2-6,11,13H,7-10,14H2,1H3. The van der Waals surface area contributed by atoms with E-state index in [0.717, 1.165) is 19.6 Å². The minimum atomic E-state index is 0.142. The first-order chi connectivity index (χ1) is 7.74. The maximum absolute atomic E-state index is 5.64. The van der Waals surface area contributed by atoms with E-state index in [-0.39, 0.29) is 6.04 Å². The van der Waals surface area contributed by atoms with Crippen LogP contribution in [0.2, 0.25) is 0 Å². The first kappa shape index (κ1) is 11.6. The number of nitrogens with two attached hydrogens (primary N) is 1. The van der Waals surface area contributed by atoms with Crippen molar-refractivity contribution in [3.05, 3.63) is 35.9 Å². The Morgan fingerprint density at radius 2 is 2.06 bits per heavy atom. The van der Waals surface area contributed by atoms with Gasteiger partial charge < -0.3 is 10.5 Å². The lowest BCUT2D eigenvalue weighted by atomic mass is 10.1. The fourth-order valence-electron chi connectivity index (χ4n) is 1.89. The van der Waals surface area contributed by atoms with Gasteiger partial charge in [-0.1, -0.05) is 30.3 Å². The number of likely N-dealkylation sites (tertiary alicyclic amines) is 1. The molecule has 16 heavy (non-hydrogen) atoms. The van der Waals surface area contributed by atoms with E-state index >= 15 is 0 Å². The van der Waals surface area contributed by atoms with Crippen LogP contribution in [0, 0.1) is 0 Å². The highest BCUT2D eigenvalue weighted by Crippen LogP contribution is 2.15. The predicted octanol–water partition coefficient (Wildman–Crippen LogP) is 1.23. The van der Waals surface area contributed by atoms with Gasteiger partial charge in [0.25, 0.3) is 0 Å². The number of ether oxygens (including phenoxy) is 1. The lowest BCUT2D eigenvalue weighted by molar-refractivity contribution is -0.0605. The molecule has 1 saturated heterocycles. The van der Waals surface area contributed by atoms with E-state index in [4.69, 9.17) is 10.5 Å². The highest BCUT2D eigenvalue weighted by molar-refractivity contribution is 5.14. The molecular weight excluding hydrogens is 200 g/mol. The third-order valence-corrected chi connectivity index (χ3v) is 2.77. The monoisotopic (exact) mass is 220 g/mol. The molecule has 1 unspecified atom stereocenters. The van der Waals surface area contributed by atoms with Gasteiger partial charge in [-0.3, -0.25) is 4.90 Å². The fraction of sp³-hybridized carbons (Fsp3) is 0.538. The molecule has 2 rings (SSSR count). The Bertz CT molecular complexity index is 307. The number of hydrogen-bond acceptors (Lipinski definition) is 3. The molecule has 0 saturated carbocycles.